The summed E-state index contributed by atoms with van der Waals surface area (Å²) in [6, 6.07) is 0.647. The second kappa shape index (κ2) is 4.42. The Kier molecular flexibility index (Phi) is 3.36. The zero-order chi connectivity index (χ0) is 10.9. The van der Waals surface area contributed by atoms with E-state index in [2.05, 4.69) is 19.2 Å². The number of nitrogens with one attached hydrogen (secondary N) is 1. The van der Waals surface area contributed by atoms with E-state index < -0.39 is 0 Å². The molecule has 0 heterocycles. The highest BCUT2D eigenvalue weighted by molar-refractivity contribution is 4.91. The molecule has 88 valence electrons. The Balaban J connectivity index is 1.74. The van der Waals surface area contributed by atoms with E-state index >= 15 is 0 Å². The van der Waals surface area contributed by atoms with Crippen molar-refractivity contribution in [3.8, 4) is 0 Å². The van der Waals surface area contributed by atoms with Crippen molar-refractivity contribution >= 4 is 0 Å². The Bertz CT molecular complexity index is 203. The van der Waals surface area contributed by atoms with E-state index in [0.717, 1.165) is 31.2 Å². The molecule has 2 aliphatic rings. The van der Waals surface area contributed by atoms with E-state index in [4.69, 9.17) is 0 Å². The lowest BCUT2D eigenvalue weighted by Gasteiger charge is -2.40. The first kappa shape index (κ1) is 11.4. The molecule has 0 aromatic rings. The zero-order valence-electron chi connectivity index (χ0n) is 10.1. The molecule has 0 saturated heterocycles. The normalized spacial score (nSPS) is 39.8. The van der Waals surface area contributed by atoms with Crippen molar-refractivity contribution < 1.29 is 5.11 Å². The van der Waals surface area contributed by atoms with Crippen LogP contribution in [0, 0.1) is 11.8 Å². The summed E-state index contributed by atoms with van der Waals surface area (Å²) in [4.78, 5) is 0. The quantitative estimate of drug-likeness (QED) is 0.751. The molecule has 0 radical (unpaired) electrons. The van der Waals surface area contributed by atoms with E-state index in [9.17, 15) is 5.11 Å². The third kappa shape index (κ3) is 2.94. The van der Waals surface area contributed by atoms with Gasteiger partial charge in [0.15, 0.2) is 0 Å². The fourth-order valence-corrected chi connectivity index (χ4v) is 3.21. The summed E-state index contributed by atoms with van der Waals surface area (Å²) in [6.07, 6.45) is 7.16. The van der Waals surface area contributed by atoms with Gasteiger partial charge in [-0.25, -0.2) is 0 Å². The van der Waals surface area contributed by atoms with E-state index in [-0.39, 0.29) is 5.60 Å². The molecule has 2 unspecified atom stereocenters. The summed E-state index contributed by atoms with van der Waals surface area (Å²) in [5.41, 5.74) is -0.357. The van der Waals surface area contributed by atoms with Crippen LogP contribution < -0.4 is 5.32 Å². The molecule has 2 aliphatic carbocycles. The molecule has 2 N–H and O–H groups in total. The summed E-state index contributed by atoms with van der Waals surface area (Å²) in [5, 5.41) is 13.6. The minimum atomic E-state index is -0.357. The first-order chi connectivity index (χ1) is 7.07. The summed E-state index contributed by atoms with van der Waals surface area (Å²) >= 11 is 0. The summed E-state index contributed by atoms with van der Waals surface area (Å²) < 4.78 is 0. The maximum absolute atomic E-state index is 10.0. The van der Waals surface area contributed by atoms with Gasteiger partial charge in [0, 0.05) is 12.6 Å². The third-order valence-corrected chi connectivity index (χ3v) is 4.18. The molecule has 0 aromatic carbocycles. The molecule has 15 heavy (non-hydrogen) atoms. The Morgan fingerprint density at radius 1 is 1.13 bits per heavy atom. The second-order valence-corrected chi connectivity index (χ2v) is 6.07. The van der Waals surface area contributed by atoms with Crippen LogP contribution in [0.1, 0.15) is 52.4 Å². The lowest BCUT2D eigenvalue weighted by atomic mass is 9.78. The van der Waals surface area contributed by atoms with Crippen LogP contribution in [0.3, 0.4) is 0 Å². The fraction of sp³-hybridized carbons (Fsp3) is 1.00. The van der Waals surface area contributed by atoms with Crippen molar-refractivity contribution in [2.75, 3.05) is 6.54 Å². The van der Waals surface area contributed by atoms with Crippen LogP contribution in [0.4, 0.5) is 0 Å². The van der Waals surface area contributed by atoms with Crippen LogP contribution in [-0.4, -0.2) is 23.3 Å². The Morgan fingerprint density at radius 2 is 1.73 bits per heavy atom. The molecular weight excluding hydrogens is 186 g/mol. The van der Waals surface area contributed by atoms with Gasteiger partial charge in [0.1, 0.15) is 0 Å². The van der Waals surface area contributed by atoms with Crippen LogP contribution in [0.25, 0.3) is 0 Å². The number of hydrogen-bond acceptors (Lipinski definition) is 2. The van der Waals surface area contributed by atoms with Crippen LogP contribution in [0.2, 0.25) is 0 Å². The van der Waals surface area contributed by atoms with Gasteiger partial charge in [-0.15, -0.1) is 0 Å². The molecule has 0 amide bonds. The van der Waals surface area contributed by atoms with E-state index in [1.54, 1.807) is 0 Å². The summed E-state index contributed by atoms with van der Waals surface area (Å²) in [7, 11) is 0. The average molecular weight is 211 g/mol. The molecule has 2 nitrogen and oxygen atoms in total. The van der Waals surface area contributed by atoms with Crippen molar-refractivity contribution in [2.45, 2.75) is 64.0 Å². The molecule has 2 atom stereocenters. The van der Waals surface area contributed by atoms with Crippen LogP contribution in [-0.2, 0) is 0 Å². The van der Waals surface area contributed by atoms with Crippen LogP contribution in [0.5, 0.6) is 0 Å². The van der Waals surface area contributed by atoms with Gasteiger partial charge in [-0.1, -0.05) is 13.8 Å². The number of hydrogen-bond donors (Lipinski definition) is 2. The Labute approximate surface area is 93.5 Å². The molecule has 2 saturated carbocycles. The number of rotatable bonds is 3. The largest absolute Gasteiger partial charge is 0.389 e. The molecule has 0 aliphatic heterocycles. The minimum Gasteiger partial charge on any atom is -0.389 e. The topological polar surface area (TPSA) is 32.3 Å². The molecule has 2 heteroatoms. The predicted octanol–water partition coefficient (Wildman–Crippen LogP) is 2.32. The highest BCUT2D eigenvalue weighted by Gasteiger charge is 2.35. The SMILES string of the molecule is CC1CC(C)CC(NCC2(O)CCC2)C1. The number of aliphatic hydroxyl groups is 1. The second-order valence-electron chi connectivity index (χ2n) is 6.07. The van der Waals surface area contributed by atoms with Crippen molar-refractivity contribution in [2.24, 2.45) is 11.8 Å². The van der Waals surface area contributed by atoms with Gasteiger partial charge in [0.25, 0.3) is 0 Å². The lowest BCUT2D eigenvalue weighted by Crippen LogP contribution is -2.50. The summed E-state index contributed by atoms with van der Waals surface area (Å²) in [5.74, 6) is 1.70. The highest BCUT2D eigenvalue weighted by atomic mass is 16.3. The van der Waals surface area contributed by atoms with Crippen molar-refractivity contribution in [3.63, 3.8) is 0 Å². The monoisotopic (exact) mass is 211 g/mol. The maximum Gasteiger partial charge on any atom is 0.0771 e. The van der Waals surface area contributed by atoms with Gasteiger partial charge in [0.05, 0.1) is 5.60 Å². The minimum absolute atomic E-state index is 0.357. The van der Waals surface area contributed by atoms with Crippen molar-refractivity contribution in [1.82, 2.24) is 5.32 Å². The Morgan fingerprint density at radius 3 is 2.20 bits per heavy atom. The molecule has 2 rings (SSSR count). The van der Waals surface area contributed by atoms with Gasteiger partial charge in [0.2, 0.25) is 0 Å². The van der Waals surface area contributed by atoms with Crippen LogP contribution in [0.15, 0.2) is 0 Å². The van der Waals surface area contributed by atoms with Gasteiger partial charge in [-0.2, -0.15) is 0 Å². The molecular formula is C13H25NO. The van der Waals surface area contributed by atoms with Gasteiger partial charge < -0.3 is 10.4 Å². The molecule has 0 aromatic heterocycles. The Hall–Kier alpha value is -0.0800. The standard InChI is InChI=1S/C13H25NO/c1-10-6-11(2)8-12(7-10)14-9-13(15)4-3-5-13/h10-12,14-15H,3-9H2,1-2H3. The van der Waals surface area contributed by atoms with Crippen molar-refractivity contribution in [1.29, 1.82) is 0 Å². The molecule has 0 spiro atoms. The molecule has 0 bridgehead atoms. The highest BCUT2D eigenvalue weighted by Crippen LogP contribution is 2.32. The van der Waals surface area contributed by atoms with Crippen molar-refractivity contribution in [3.05, 3.63) is 0 Å². The summed E-state index contributed by atoms with van der Waals surface area (Å²) in [6.45, 7) is 5.52. The molecule has 2 fully saturated rings. The van der Waals surface area contributed by atoms with Crippen LogP contribution >= 0.6 is 0 Å². The smallest absolute Gasteiger partial charge is 0.0771 e. The zero-order valence-corrected chi connectivity index (χ0v) is 10.1. The van der Waals surface area contributed by atoms with E-state index in [1.807, 2.05) is 0 Å². The maximum atomic E-state index is 10.0. The predicted molar refractivity (Wildman–Crippen MR) is 62.8 cm³/mol. The first-order valence-electron chi connectivity index (χ1n) is 6.53. The average Bonchev–Trinajstić information content (AvgIpc) is 2.10. The van der Waals surface area contributed by atoms with E-state index in [1.165, 1.54) is 25.7 Å². The lowest BCUT2D eigenvalue weighted by molar-refractivity contribution is -0.0349. The van der Waals surface area contributed by atoms with Gasteiger partial charge in [-0.05, 0) is 50.4 Å². The van der Waals surface area contributed by atoms with Gasteiger partial charge in [-0.3, -0.25) is 0 Å². The fourth-order valence-electron chi connectivity index (χ4n) is 3.21. The third-order valence-electron chi connectivity index (χ3n) is 4.18. The van der Waals surface area contributed by atoms with E-state index in [0.29, 0.717) is 6.04 Å². The first-order valence-corrected chi connectivity index (χ1v) is 6.53. The van der Waals surface area contributed by atoms with Gasteiger partial charge >= 0.3 is 0 Å².